The summed E-state index contributed by atoms with van der Waals surface area (Å²) in [4.78, 5) is 0. The predicted molar refractivity (Wildman–Crippen MR) is 68.5 cm³/mol. The molecule has 1 aromatic rings. The number of ether oxygens (including phenoxy) is 2. The number of nitrogens with one attached hydrogen (secondary N) is 1. The molecule has 0 amide bonds. The zero-order chi connectivity index (χ0) is 12.3. The Morgan fingerprint density at radius 3 is 2.88 bits per heavy atom. The monoisotopic (exact) mass is 235 g/mol. The normalized spacial score (nSPS) is 24.6. The Bertz CT molecular complexity index is 370. The van der Waals surface area contributed by atoms with Gasteiger partial charge in [-0.15, -0.1) is 0 Å². The number of rotatable bonds is 3. The summed E-state index contributed by atoms with van der Waals surface area (Å²) < 4.78 is 11.2. The highest BCUT2D eigenvalue weighted by atomic mass is 16.5. The van der Waals surface area contributed by atoms with E-state index in [1.54, 1.807) is 0 Å². The van der Waals surface area contributed by atoms with Crippen molar-refractivity contribution in [3.05, 3.63) is 29.3 Å². The summed E-state index contributed by atoms with van der Waals surface area (Å²) in [6.07, 6.45) is 0.315. The lowest BCUT2D eigenvalue weighted by Crippen LogP contribution is -2.39. The summed E-state index contributed by atoms with van der Waals surface area (Å²) in [6, 6.07) is 6.66. The van der Waals surface area contributed by atoms with Crippen molar-refractivity contribution < 1.29 is 9.47 Å². The molecule has 1 aromatic carbocycles. The highest BCUT2D eigenvalue weighted by molar-refractivity contribution is 5.37. The van der Waals surface area contributed by atoms with Crippen LogP contribution in [0.25, 0.3) is 0 Å². The molecule has 0 saturated carbocycles. The van der Waals surface area contributed by atoms with Crippen molar-refractivity contribution in [1.82, 2.24) is 5.32 Å². The SMILES string of the molecule is CCOc1ccc(C2COC(C)CN2)cc1C. The van der Waals surface area contributed by atoms with E-state index in [9.17, 15) is 0 Å². The molecule has 94 valence electrons. The molecule has 0 radical (unpaired) electrons. The Morgan fingerprint density at radius 1 is 1.47 bits per heavy atom. The fourth-order valence-electron chi connectivity index (χ4n) is 2.11. The molecule has 1 aliphatic heterocycles. The van der Waals surface area contributed by atoms with Crippen LogP contribution in [0.1, 0.15) is 31.0 Å². The zero-order valence-corrected chi connectivity index (χ0v) is 10.8. The van der Waals surface area contributed by atoms with Gasteiger partial charge in [0, 0.05) is 6.54 Å². The number of aryl methyl sites for hydroxylation is 1. The molecule has 3 nitrogen and oxygen atoms in total. The summed E-state index contributed by atoms with van der Waals surface area (Å²) in [7, 11) is 0. The van der Waals surface area contributed by atoms with Crippen molar-refractivity contribution in [3.8, 4) is 5.75 Å². The second-order valence-electron chi connectivity index (χ2n) is 4.56. The summed E-state index contributed by atoms with van der Waals surface area (Å²) in [5.41, 5.74) is 2.46. The minimum Gasteiger partial charge on any atom is -0.494 e. The molecule has 2 unspecified atom stereocenters. The number of benzene rings is 1. The molecule has 2 atom stereocenters. The first-order chi connectivity index (χ1) is 8.20. The van der Waals surface area contributed by atoms with Crippen LogP contribution in [0.5, 0.6) is 5.75 Å². The van der Waals surface area contributed by atoms with Crippen LogP contribution in [-0.4, -0.2) is 25.9 Å². The van der Waals surface area contributed by atoms with E-state index in [-0.39, 0.29) is 0 Å². The van der Waals surface area contributed by atoms with Gasteiger partial charge in [-0.2, -0.15) is 0 Å². The van der Waals surface area contributed by atoms with Crippen LogP contribution in [0.3, 0.4) is 0 Å². The minimum absolute atomic E-state index is 0.306. The van der Waals surface area contributed by atoms with Crippen LogP contribution in [0.15, 0.2) is 18.2 Å². The van der Waals surface area contributed by atoms with Gasteiger partial charge in [-0.1, -0.05) is 12.1 Å². The minimum atomic E-state index is 0.306. The topological polar surface area (TPSA) is 30.5 Å². The van der Waals surface area contributed by atoms with Gasteiger partial charge in [0.05, 0.1) is 25.4 Å². The first-order valence-corrected chi connectivity index (χ1v) is 6.29. The van der Waals surface area contributed by atoms with Gasteiger partial charge in [-0.05, 0) is 38.0 Å². The molecule has 1 saturated heterocycles. The van der Waals surface area contributed by atoms with Gasteiger partial charge >= 0.3 is 0 Å². The van der Waals surface area contributed by atoms with E-state index in [1.165, 1.54) is 11.1 Å². The van der Waals surface area contributed by atoms with Gasteiger partial charge in [0.25, 0.3) is 0 Å². The Balaban J connectivity index is 2.09. The fourth-order valence-corrected chi connectivity index (χ4v) is 2.11. The first kappa shape index (κ1) is 12.4. The lowest BCUT2D eigenvalue weighted by atomic mass is 10.0. The second kappa shape index (κ2) is 5.52. The van der Waals surface area contributed by atoms with Gasteiger partial charge < -0.3 is 14.8 Å². The predicted octanol–water partition coefficient (Wildman–Crippen LogP) is 2.44. The van der Waals surface area contributed by atoms with Crippen molar-refractivity contribution in [2.24, 2.45) is 0 Å². The highest BCUT2D eigenvalue weighted by Crippen LogP contribution is 2.24. The number of hydrogen-bond donors (Lipinski definition) is 1. The maximum Gasteiger partial charge on any atom is 0.122 e. The number of morpholine rings is 1. The van der Waals surface area contributed by atoms with Gasteiger partial charge in [-0.3, -0.25) is 0 Å². The maximum absolute atomic E-state index is 5.67. The lowest BCUT2D eigenvalue weighted by molar-refractivity contribution is 0.0149. The third-order valence-corrected chi connectivity index (χ3v) is 3.10. The van der Waals surface area contributed by atoms with E-state index in [0.29, 0.717) is 18.8 Å². The van der Waals surface area contributed by atoms with Crippen LogP contribution >= 0.6 is 0 Å². The van der Waals surface area contributed by atoms with Gasteiger partial charge in [0.15, 0.2) is 0 Å². The fraction of sp³-hybridized carbons (Fsp3) is 0.571. The molecule has 2 rings (SSSR count). The van der Waals surface area contributed by atoms with Crippen LogP contribution in [0.4, 0.5) is 0 Å². The summed E-state index contributed by atoms with van der Waals surface area (Å²) in [6.45, 7) is 8.55. The van der Waals surface area contributed by atoms with Crippen molar-refractivity contribution >= 4 is 0 Å². The van der Waals surface area contributed by atoms with Crippen molar-refractivity contribution in [2.45, 2.75) is 32.9 Å². The van der Waals surface area contributed by atoms with Gasteiger partial charge in [-0.25, -0.2) is 0 Å². The van der Waals surface area contributed by atoms with Gasteiger partial charge in [0.1, 0.15) is 5.75 Å². The van der Waals surface area contributed by atoms with Crippen molar-refractivity contribution in [3.63, 3.8) is 0 Å². The van der Waals surface area contributed by atoms with Crippen LogP contribution in [-0.2, 0) is 4.74 Å². The molecule has 1 fully saturated rings. The van der Waals surface area contributed by atoms with E-state index in [0.717, 1.165) is 18.9 Å². The molecular weight excluding hydrogens is 214 g/mol. The summed E-state index contributed by atoms with van der Waals surface area (Å²) >= 11 is 0. The smallest absolute Gasteiger partial charge is 0.122 e. The average molecular weight is 235 g/mol. The molecule has 0 aromatic heterocycles. The average Bonchev–Trinajstić information content (AvgIpc) is 2.33. The molecule has 17 heavy (non-hydrogen) atoms. The summed E-state index contributed by atoms with van der Waals surface area (Å²) in [5.74, 6) is 0.973. The standard InChI is InChI=1S/C14H21NO2/c1-4-16-14-6-5-12(7-10(14)2)13-9-17-11(3)8-15-13/h5-7,11,13,15H,4,8-9H2,1-3H3. The van der Waals surface area contributed by atoms with Crippen LogP contribution < -0.4 is 10.1 Å². The van der Waals surface area contributed by atoms with E-state index in [4.69, 9.17) is 9.47 Å². The van der Waals surface area contributed by atoms with Crippen molar-refractivity contribution in [1.29, 1.82) is 0 Å². The molecule has 0 bridgehead atoms. The van der Waals surface area contributed by atoms with E-state index >= 15 is 0 Å². The van der Waals surface area contributed by atoms with Crippen LogP contribution in [0.2, 0.25) is 0 Å². The first-order valence-electron chi connectivity index (χ1n) is 6.29. The third kappa shape index (κ3) is 2.99. The number of hydrogen-bond acceptors (Lipinski definition) is 3. The molecule has 3 heteroatoms. The largest absolute Gasteiger partial charge is 0.494 e. The van der Waals surface area contributed by atoms with E-state index in [1.807, 2.05) is 13.0 Å². The molecule has 0 aliphatic carbocycles. The molecule has 1 aliphatic rings. The molecule has 1 heterocycles. The quantitative estimate of drug-likeness (QED) is 0.873. The van der Waals surface area contributed by atoms with Crippen LogP contribution in [0, 0.1) is 6.92 Å². The molecule has 0 spiro atoms. The Hall–Kier alpha value is -1.06. The maximum atomic E-state index is 5.67. The second-order valence-corrected chi connectivity index (χ2v) is 4.56. The third-order valence-electron chi connectivity index (χ3n) is 3.10. The molecule has 1 N–H and O–H groups in total. The molecular formula is C14H21NO2. The summed E-state index contributed by atoms with van der Waals surface area (Å²) in [5, 5.41) is 3.50. The van der Waals surface area contributed by atoms with E-state index in [2.05, 4.69) is 31.3 Å². The zero-order valence-electron chi connectivity index (χ0n) is 10.8. The van der Waals surface area contributed by atoms with Crippen molar-refractivity contribution in [2.75, 3.05) is 19.8 Å². The van der Waals surface area contributed by atoms with E-state index < -0.39 is 0 Å². The Morgan fingerprint density at radius 2 is 2.29 bits per heavy atom. The lowest BCUT2D eigenvalue weighted by Gasteiger charge is -2.29. The highest BCUT2D eigenvalue weighted by Gasteiger charge is 2.19. The Labute approximate surface area is 103 Å². The van der Waals surface area contributed by atoms with Gasteiger partial charge in [0.2, 0.25) is 0 Å². The Kier molecular flexibility index (Phi) is 4.02.